The Hall–Kier alpha value is -1.97. The second-order valence-corrected chi connectivity index (χ2v) is 4.18. The van der Waals surface area contributed by atoms with Gasteiger partial charge in [-0.25, -0.2) is 9.18 Å². The number of rotatable bonds is 4. The Kier molecular flexibility index (Phi) is 4.37. The normalized spacial score (nSPS) is 10.3. The van der Waals surface area contributed by atoms with Crippen LogP contribution in [0.1, 0.15) is 29.8 Å². The third-order valence-corrected chi connectivity index (χ3v) is 2.53. The number of methoxy groups -OCH3 is 1. The third-order valence-electron chi connectivity index (χ3n) is 2.53. The average Bonchev–Trinajstić information content (AvgIpc) is 2.35. The highest BCUT2D eigenvalue weighted by molar-refractivity contribution is 6.18. The monoisotopic (exact) mass is 250 g/mol. The molecule has 0 spiro atoms. The molecule has 0 aliphatic carbocycles. The summed E-state index contributed by atoms with van der Waals surface area (Å²) in [5, 5.41) is 0. The number of ether oxygens (including phenoxy) is 1. The molecule has 0 unspecified atom stereocenters. The molecule has 18 heavy (non-hydrogen) atoms. The molecule has 3 nitrogen and oxygen atoms in total. The van der Waals surface area contributed by atoms with Crippen LogP contribution in [-0.4, -0.2) is 18.9 Å². The lowest BCUT2D eigenvalue weighted by molar-refractivity contribution is -0.133. The van der Waals surface area contributed by atoms with Gasteiger partial charge in [0.25, 0.3) is 0 Å². The van der Waals surface area contributed by atoms with E-state index in [4.69, 9.17) is 0 Å². The van der Waals surface area contributed by atoms with Crippen molar-refractivity contribution in [1.82, 2.24) is 0 Å². The van der Waals surface area contributed by atoms with E-state index in [0.29, 0.717) is 5.56 Å². The van der Waals surface area contributed by atoms with Crippen LogP contribution >= 0.6 is 0 Å². The largest absolute Gasteiger partial charge is 0.465 e. The summed E-state index contributed by atoms with van der Waals surface area (Å²) in [6.45, 7) is 6.99. The maximum atomic E-state index is 13.2. The molecular weight excluding hydrogens is 235 g/mol. The summed E-state index contributed by atoms with van der Waals surface area (Å²) in [5.74, 6) is -1.70. The summed E-state index contributed by atoms with van der Waals surface area (Å²) in [6, 6.07) is 3.66. The molecular formula is C14H15FO3. The summed E-state index contributed by atoms with van der Waals surface area (Å²) in [6.07, 6.45) is 0. The van der Waals surface area contributed by atoms with Crippen LogP contribution in [0.2, 0.25) is 0 Å². The first kappa shape index (κ1) is 14.1. The van der Waals surface area contributed by atoms with Gasteiger partial charge < -0.3 is 4.74 Å². The molecule has 0 heterocycles. The zero-order valence-electron chi connectivity index (χ0n) is 10.6. The van der Waals surface area contributed by atoms with Gasteiger partial charge in [-0.3, -0.25) is 4.79 Å². The molecule has 96 valence electrons. The molecule has 1 rings (SSSR count). The molecule has 0 saturated heterocycles. The summed E-state index contributed by atoms with van der Waals surface area (Å²) in [7, 11) is 1.22. The molecule has 1 aromatic carbocycles. The fourth-order valence-electron chi connectivity index (χ4n) is 1.53. The van der Waals surface area contributed by atoms with Crippen molar-refractivity contribution in [3.63, 3.8) is 0 Å². The van der Waals surface area contributed by atoms with Crippen LogP contribution in [0.25, 0.3) is 5.57 Å². The highest BCUT2D eigenvalue weighted by Gasteiger charge is 2.20. The van der Waals surface area contributed by atoms with Crippen LogP contribution in [0.4, 0.5) is 4.39 Å². The minimum absolute atomic E-state index is 0.0431. The van der Waals surface area contributed by atoms with E-state index in [2.05, 4.69) is 11.3 Å². The molecule has 4 heteroatoms. The van der Waals surface area contributed by atoms with E-state index in [1.54, 1.807) is 13.8 Å². The van der Waals surface area contributed by atoms with Crippen LogP contribution < -0.4 is 0 Å². The lowest BCUT2D eigenvalue weighted by atomic mass is 9.93. The lowest BCUT2D eigenvalue weighted by Crippen LogP contribution is -2.13. The molecule has 0 aliphatic heterocycles. The Morgan fingerprint density at radius 2 is 1.89 bits per heavy atom. The van der Waals surface area contributed by atoms with E-state index in [1.165, 1.54) is 19.2 Å². The Morgan fingerprint density at radius 1 is 1.28 bits per heavy atom. The summed E-state index contributed by atoms with van der Waals surface area (Å²) >= 11 is 0. The van der Waals surface area contributed by atoms with Crippen molar-refractivity contribution in [3.8, 4) is 0 Å². The fraction of sp³-hybridized carbons (Fsp3) is 0.286. The van der Waals surface area contributed by atoms with Crippen molar-refractivity contribution < 1.29 is 18.7 Å². The average molecular weight is 250 g/mol. The number of Topliss-reactive ketones (excluding diaryl/α,β-unsaturated/α-hetero) is 1. The van der Waals surface area contributed by atoms with E-state index in [9.17, 15) is 14.0 Å². The van der Waals surface area contributed by atoms with Crippen LogP contribution in [0.3, 0.4) is 0 Å². The number of carbonyl (C=O) groups is 2. The van der Waals surface area contributed by atoms with Gasteiger partial charge >= 0.3 is 5.97 Å². The smallest absolute Gasteiger partial charge is 0.337 e. The van der Waals surface area contributed by atoms with Crippen molar-refractivity contribution in [2.45, 2.75) is 13.8 Å². The number of benzene rings is 1. The minimum Gasteiger partial charge on any atom is -0.465 e. The number of hydrogen-bond donors (Lipinski definition) is 0. The highest BCUT2D eigenvalue weighted by atomic mass is 19.1. The predicted molar refractivity (Wildman–Crippen MR) is 66.6 cm³/mol. The van der Waals surface area contributed by atoms with Crippen molar-refractivity contribution in [1.29, 1.82) is 0 Å². The van der Waals surface area contributed by atoms with E-state index in [0.717, 1.165) is 6.07 Å². The van der Waals surface area contributed by atoms with Gasteiger partial charge in [-0.05, 0) is 17.7 Å². The Labute approximate surface area is 105 Å². The molecule has 0 atom stereocenters. The number of halogens is 1. The molecule has 0 saturated carbocycles. The van der Waals surface area contributed by atoms with E-state index >= 15 is 0 Å². The van der Waals surface area contributed by atoms with Crippen molar-refractivity contribution in [3.05, 3.63) is 41.7 Å². The van der Waals surface area contributed by atoms with Gasteiger partial charge in [0, 0.05) is 11.5 Å². The summed E-state index contributed by atoms with van der Waals surface area (Å²) < 4.78 is 17.8. The molecule has 1 aromatic rings. The second kappa shape index (κ2) is 5.58. The molecule has 0 amide bonds. The minimum atomic E-state index is -0.639. The van der Waals surface area contributed by atoms with Gasteiger partial charge in [0.1, 0.15) is 5.82 Å². The van der Waals surface area contributed by atoms with Crippen LogP contribution in [0.15, 0.2) is 24.8 Å². The van der Waals surface area contributed by atoms with Gasteiger partial charge in [-0.1, -0.05) is 26.5 Å². The molecule has 0 radical (unpaired) electrons. The van der Waals surface area contributed by atoms with Crippen molar-refractivity contribution >= 4 is 17.3 Å². The maximum Gasteiger partial charge on any atom is 0.337 e. The highest BCUT2D eigenvalue weighted by Crippen LogP contribution is 2.23. The van der Waals surface area contributed by atoms with Crippen molar-refractivity contribution in [2.24, 2.45) is 5.92 Å². The first-order chi connectivity index (χ1) is 8.38. The topological polar surface area (TPSA) is 43.4 Å². The molecule has 0 N–H and O–H groups in total. The number of ketones is 1. The zero-order valence-corrected chi connectivity index (χ0v) is 10.6. The van der Waals surface area contributed by atoms with Gasteiger partial charge in [-0.2, -0.15) is 0 Å². The van der Waals surface area contributed by atoms with Crippen molar-refractivity contribution in [2.75, 3.05) is 7.11 Å². The van der Waals surface area contributed by atoms with Gasteiger partial charge in [-0.15, -0.1) is 0 Å². The van der Waals surface area contributed by atoms with Gasteiger partial charge in [0.15, 0.2) is 5.78 Å². The molecule has 0 fully saturated rings. The second-order valence-electron chi connectivity index (χ2n) is 4.18. The standard InChI is InChI=1S/C14H15FO3/c1-8(2)13(16)12-7-10(15)5-6-11(12)9(3)14(17)18-4/h5-8H,3H2,1-2,4H3. The SMILES string of the molecule is C=C(C(=O)OC)c1ccc(F)cc1C(=O)C(C)C. The number of esters is 1. The first-order valence-electron chi connectivity index (χ1n) is 5.49. The lowest BCUT2D eigenvalue weighted by Gasteiger charge is -2.11. The number of carbonyl (C=O) groups excluding carboxylic acids is 2. The van der Waals surface area contributed by atoms with Crippen LogP contribution in [0, 0.1) is 11.7 Å². The quantitative estimate of drug-likeness (QED) is 0.469. The Balaban J connectivity index is 3.32. The van der Waals surface area contributed by atoms with E-state index in [-0.39, 0.29) is 22.8 Å². The third kappa shape index (κ3) is 2.83. The summed E-state index contributed by atoms with van der Waals surface area (Å²) in [4.78, 5) is 23.4. The summed E-state index contributed by atoms with van der Waals surface area (Å²) in [5.41, 5.74) is 0.504. The molecule has 0 bridgehead atoms. The van der Waals surface area contributed by atoms with Gasteiger partial charge in [0.05, 0.1) is 12.7 Å². The Bertz CT molecular complexity index is 504. The maximum absolute atomic E-state index is 13.2. The number of hydrogen-bond acceptors (Lipinski definition) is 3. The van der Waals surface area contributed by atoms with E-state index < -0.39 is 11.8 Å². The van der Waals surface area contributed by atoms with Crippen LogP contribution in [-0.2, 0) is 9.53 Å². The fourth-order valence-corrected chi connectivity index (χ4v) is 1.53. The predicted octanol–water partition coefficient (Wildman–Crippen LogP) is 2.85. The molecule has 0 aliphatic rings. The zero-order chi connectivity index (χ0) is 13.9. The molecule has 0 aromatic heterocycles. The first-order valence-corrected chi connectivity index (χ1v) is 5.49. The van der Waals surface area contributed by atoms with E-state index in [1.807, 2.05) is 0 Å². The Morgan fingerprint density at radius 3 is 2.39 bits per heavy atom. The van der Waals surface area contributed by atoms with Gasteiger partial charge in [0.2, 0.25) is 0 Å². The van der Waals surface area contributed by atoms with Crippen LogP contribution in [0.5, 0.6) is 0 Å².